The molecule has 2 N–H and O–H groups in total. The standard InChI is InChI=1S/C13H20N2O5S/c1-3-4-5-9-14-11-7-6-8-12(13(11)15(17)18)21(19,20)10(2)16/h6-8,10,14,16H,3-5,9H2,1-2H3. The summed E-state index contributed by atoms with van der Waals surface area (Å²) in [6.45, 7) is 3.63. The lowest BCUT2D eigenvalue weighted by Gasteiger charge is -2.11. The van der Waals surface area contributed by atoms with Gasteiger partial charge in [-0.1, -0.05) is 25.8 Å². The van der Waals surface area contributed by atoms with Crippen molar-refractivity contribution in [3.05, 3.63) is 28.3 Å². The van der Waals surface area contributed by atoms with Gasteiger partial charge >= 0.3 is 5.69 Å². The highest BCUT2D eigenvalue weighted by Gasteiger charge is 2.32. The molecule has 0 bridgehead atoms. The van der Waals surface area contributed by atoms with E-state index in [1.54, 1.807) is 0 Å². The van der Waals surface area contributed by atoms with E-state index in [2.05, 4.69) is 5.32 Å². The van der Waals surface area contributed by atoms with Crippen LogP contribution in [0.4, 0.5) is 11.4 Å². The summed E-state index contributed by atoms with van der Waals surface area (Å²) in [7, 11) is -4.14. The Bertz CT molecular complexity index is 599. The molecule has 1 atom stereocenters. The van der Waals surface area contributed by atoms with Gasteiger partial charge in [0.2, 0.25) is 9.84 Å². The van der Waals surface area contributed by atoms with Gasteiger partial charge in [0.15, 0.2) is 5.44 Å². The molecule has 7 nitrogen and oxygen atoms in total. The fraction of sp³-hybridized carbons (Fsp3) is 0.538. The molecule has 8 heteroatoms. The van der Waals surface area contributed by atoms with Gasteiger partial charge in [-0.2, -0.15) is 0 Å². The van der Waals surface area contributed by atoms with Crippen LogP contribution in [0.5, 0.6) is 0 Å². The SMILES string of the molecule is CCCCCNc1cccc(S(=O)(=O)C(C)O)c1[N+](=O)[O-]. The van der Waals surface area contributed by atoms with Gasteiger partial charge in [0.25, 0.3) is 0 Å². The number of aliphatic hydroxyl groups excluding tert-OH is 1. The predicted molar refractivity (Wildman–Crippen MR) is 80.0 cm³/mol. The minimum absolute atomic E-state index is 0.151. The van der Waals surface area contributed by atoms with Gasteiger partial charge in [-0.3, -0.25) is 10.1 Å². The Kier molecular flexibility index (Phi) is 6.10. The highest BCUT2D eigenvalue weighted by atomic mass is 32.2. The minimum atomic E-state index is -4.14. The van der Waals surface area contributed by atoms with Gasteiger partial charge in [-0.15, -0.1) is 0 Å². The molecule has 1 rings (SSSR count). The van der Waals surface area contributed by atoms with Crippen molar-refractivity contribution in [2.45, 2.75) is 43.4 Å². The van der Waals surface area contributed by atoms with E-state index in [1.807, 2.05) is 6.92 Å². The van der Waals surface area contributed by atoms with E-state index < -0.39 is 30.8 Å². The Balaban J connectivity index is 3.20. The number of sulfone groups is 1. The largest absolute Gasteiger partial charge is 0.379 e. The second-order valence-corrected chi connectivity index (χ2v) is 6.90. The van der Waals surface area contributed by atoms with Gasteiger partial charge in [0, 0.05) is 6.54 Å². The number of hydrogen-bond donors (Lipinski definition) is 2. The van der Waals surface area contributed by atoms with Crippen molar-refractivity contribution in [1.29, 1.82) is 0 Å². The summed E-state index contributed by atoms with van der Waals surface area (Å²) in [6.07, 6.45) is 2.83. The Hall–Kier alpha value is -1.67. The zero-order chi connectivity index (χ0) is 16.0. The Morgan fingerprint density at radius 3 is 2.57 bits per heavy atom. The monoisotopic (exact) mass is 316 g/mol. The van der Waals surface area contributed by atoms with Gasteiger partial charge in [0.05, 0.1) is 4.92 Å². The first-order chi connectivity index (χ1) is 9.82. The number of nitrogens with one attached hydrogen (secondary N) is 1. The molecule has 0 amide bonds. The van der Waals surface area contributed by atoms with Crippen LogP contribution in [-0.2, 0) is 9.84 Å². The van der Waals surface area contributed by atoms with Crippen LogP contribution in [0.1, 0.15) is 33.1 Å². The van der Waals surface area contributed by atoms with Gasteiger partial charge in [-0.25, -0.2) is 8.42 Å². The van der Waals surface area contributed by atoms with E-state index >= 15 is 0 Å². The van der Waals surface area contributed by atoms with Crippen LogP contribution in [0.15, 0.2) is 23.1 Å². The van der Waals surface area contributed by atoms with E-state index in [0.717, 1.165) is 32.3 Å². The number of hydrogen-bond acceptors (Lipinski definition) is 6. The molecule has 0 fully saturated rings. The summed E-state index contributed by atoms with van der Waals surface area (Å²) in [5.41, 5.74) is -2.07. The average molecular weight is 316 g/mol. The third-order valence-electron chi connectivity index (χ3n) is 3.03. The maximum Gasteiger partial charge on any atom is 0.310 e. The molecule has 0 radical (unpaired) electrons. The number of para-hydroxylation sites is 1. The number of benzene rings is 1. The van der Waals surface area contributed by atoms with Crippen LogP contribution >= 0.6 is 0 Å². The van der Waals surface area contributed by atoms with Crippen LogP contribution in [-0.4, -0.2) is 30.4 Å². The molecular weight excluding hydrogens is 296 g/mol. The fourth-order valence-electron chi connectivity index (χ4n) is 1.86. The lowest BCUT2D eigenvalue weighted by molar-refractivity contribution is -0.386. The van der Waals surface area contributed by atoms with E-state index in [1.165, 1.54) is 12.1 Å². The molecule has 0 aliphatic carbocycles. The minimum Gasteiger partial charge on any atom is -0.379 e. The van der Waals surface area contributed by atoms with Crippen LogP contribution < -0.4 is 5.32 Å². The van der Waals surface area contributed by atoms with Crippen molar-refractivity contribution >= 4 is 21.2 Å². The zero-order valence-electron chi connectivity index (χ0n) is 12.1. The van der Waals surface area contributed by atoms with Crippen LogP contribution in [0, 0.1) is 10.1 Å². The number of unbranched alkanes of at least 4 members (excludes halogenated alkanes) is 2. The molecule has 1 aromatic carbocycles. The number of anilines is 1. The lowest BCUT2D eigenvalue weighted by Crippen LogP contribution is -2.19. The van der Waals surface area contributed by atoms with Crippen molar-refractivity contribution in [2.75, 3.05) is 11.9 Å². The number of nitrogens with zero attached hydrogens (tertiary/aromatic N) is 1. The first-order valence-corrected chi connectivity index (χ1v) is 8.30. The van der Waals surface area contributed by atoms with Gasteiger partial charge < -0.3 is 10.4 Å². The molecule has 0 saturated heterocycles. The third kappa shape index (κ3) is 4.15. The number of nitro groups is 1. The van der Waals surface area contributed by atoms with E-state index in [0.29, 0.717) is 6.54 Å². The summed E-state index contributed by atoms with van der Waals surface area (Å²) in [5.74, 6) is 0. The molecule has 0 aromatic heterocycles. The first-order valence-electron chi connectivity index (χ1n) is 6.75. The highest BCUT2D eigenvalue weighted by molar-refractivity contribution is 7.92. The number of nitro benzene ring substituents is 1. The first kappa shape index (κ1) is 17.4. The molecule has 118 valence electrons. The van der Waals surface area contributed by atoms with Crippen LogP contribution in [0.25, 0.3) is 0 Å². The van der Waals surface area contributed by atoms with E-state index in [9.17, 15) is 23.6 Å². The van der Waals surface area contributed by atoms with Gasteiger partial charge in [0.1, 0.15) is 10.6 Å². The molecule has 21 heavy (non-hydrogen) atoms. The van der Waals surface area contributed by atoms with Crippen molar-refractivity contribution in [2.24, 2.45) is 0 Å². The molecule has 0 aliphatic heterocycles. The molecule has 1 unspecified atom stereocenters. The Morgan fingerprint density at radius 2 is 2.05 bits per heavy atom. The maximum absolute atomic E-state index is 12.0. The summed E-state index contributed by atoms with van der Waals surface area (Å²) in [5, 5.41) is 23.5. The molecule has 1 aromatic rings. The zero-order valence-corrected chi connectivity index (χ0v) is 12.9. The van der Waals surface area contributed by atoms with Crippen molar-refractivity contribution in [3.63, 3.8) is 0 Å². The Labute approximate surface area is 124 Å². The molecule has 0 spiro atoms. The Morgan fingerprint density at radius 1 is 1.38 bits per heavy atom. The summed E-state index contributed by atoms with van der Waals surface area (Å²) >= 11 is 0. The molecule has 0 saturated carbocycles. The quantitative estimate of drug-likeness (QED) is 0.432. The molecule has 0 aliphatic rings. The summed E-state index contributed by atoms with van der Waals surface area (Å²) < 4.78 is 24.0. The van der Waals surface area contributed by atoms with Crippen molar-refractivity contribution < 1.29 is 18.4 Å². The highest BCUT2D eigenvalue weighted by Crippen LogP contribution is 2.33. The van der Waals surface area contributed by atoms with Crippen LogP contribution in [0.2, 0.25) is 0 Å². The second-order valence-electron chi connectivity index (χ2n) is 4.69. The van der Waals surface area contributed by atoms with Crippen molar-refractivity contribution in [1.82, 2.24) is 0 Å². The predicted octanol–water partition coefficient (Wildman–Crippen LogP) is 2.31. The average Bonchev–Trinajstić information content (AvgIpc) is 2.42. The smallest absolute Gasteiger partial charge is 0.310 e. The topological polar surface area (TPSA) is 110 Å². The second kappa shape index (κ2) is 7.37. The number of aliphatic hydroxyl groups is 1. The molecule has 0 heterocycles. The van der Waals surface area contributed by atoms with Crippen molar-refractivity contribution in [3.8, 4) is 0 Å². The molecular formula is C13H20N2O5S. The summed E-state index contributed by atoms with van der Waals surface area (Å²) in [4.78, 5) is 10.0. The summed E-state index contributed by atoms with van der Waals surface area (Å²) in [6, 6.07) is 4.02. The maximum atomic E-state index is 12.0. The van der Waals surface area contributed by atoms with E-state index in [4.69, 9.17) is 0 Å². The lowest BCUT2D eigenvalue weighted by atomic mass is 10.2. The fourth-order valence-corrected chi connectivity index (χ4v) is 2.95. The van der Waals surface area contributed by atoms with E-state index in [-0.39, 0.29) is 5.69 Å². The van der Waals surface area contributed by atoms with Gasteiger partial charge in [-0.05, 0) is 25.5 Å². The number of rotatable bonds is 8. The van der Waals surface area contributed by atoms with Crippen LogP contribution in [0.3, 0.4) is 0 Å². The third-order valence-corrected chi connectivity index (χ3v) is 4.87. The normalized spacial score (nSPS) is 12.9.